The molecule has 1 aliphatic carbocycles. The number of rotatable bonds is 2. The van der Waals surface area contributed by atoms with Crippen LogP contribution in [0.1, 0.15) is 25.0 Å². The quantitative estimate of drug-likeness (QED) is 0.172. The molecule has 1 heteroatoms. The maximum atomic E-state index is 6.78. The first-order chi connectivity index (χ1) is 24.6. The number of benzene rings is 9. The van der Waals surface area contributed by atoms with E-state index in [0.29, 0.717) is 0 Å². The van der Waals surface area contributed by atoms with Gasteiger partial charge < -0.3 is 4.42 Å². The van der Waals surface area contributed by atoms with Gasteiger partial charge in [0, 0.05) is 16.2 Å². The Morgan fingerprint density at radius 3 is 1.72 bits per heavy atom. The van der Waals surface area contributed by atoms with Crippen molar-refractivity contribution in [3.8, 4) is 33.4 Å². The Balaban J connectivity index is 1.18. The summed E-state index contributed by atoms with van der Waals surface area (Å²) in [6.07, 6.45) is 0. The van der Waals surface area contributed by atoms with Crippen molar-refractivity contribution in [1.82, 2.24) is 0 Å². The minimum Gasteiger partial charge on any atom is -0.456 e. The van der Waals surface area contributed by atoms with Crippen LogP contribution in [0.25, 0.3) is 98.4 Å². The minimum absolute atomic E-state index is 0.159. The lowest BCUT2D eigenvalue weighted by Crippen LogP contribution is -2.15. The second kappa shape index (κ2) is 9.94. The van der Waals surface area contributed by atoms with E-state index in [2.05, 4.69) is 172 Å². The molecule has 0 radical (unpaired) electrons. The fraction of sp³-hybridized carbons (Fsp3) is 0.0612. The van der Waals surface area contributed by atoms with E-state index in [0.717, 1.165) is 11.2 Å². The van der Waals surface area contributed by atoms with Crippen molar-refractivity contribution in [2.45, 2.75) is 19.3 Å². The molecule has 0 saturated carbocycles. The lowest BCUT2D eigenvalue weighted by atomic mass is 9.80. The third-order valence-corrected chi connectivity index (χ3v) is 11.4. The van der Waals surface area contributed by atoms with Crippen molar-refractivity contribution in [3.63, 3.8) is 0 Å². The van der Waals surface area contributed by atoms with Crippen LogP contribution in [0, 0.1) is 0 Å². The molecule has 1 nitrogen and oxygen atoms in total. The highest BCUT2D eigenvalue weighted by molar-refractivity contribution is 6.24. The average molecular weight is 637 g/mol. The van der Waals surface area contributed by atoms with Gasteiger partial charge in [-0.3, -0.25) is 0 Å². The van der Waals surface area contributed by atoms with E-state index in [1.807, 2.05) is 0 Å². The molecule has 11 rings (SSSR count). The van der Waals surface area contributed by atoms with Gasteiger partial charge in [0.15, 0.2) is 0 Å². The Morgan fingerprint density at radius 1 is 0.400 bits per heavy atom. The van der Waals surface area contributed by atoms with E-state index in [1.54, 1.807) is 0 Å². The van der Waals surface area contributed by atoms with Crippen LogP contribution < -0.4 is 0 Å². The first kappa shape index (κ1) is 27.7. The molecule has 10 aromatic rings. The molecule has 0 bridgehead atoms. The van der Waals surface area contributed by atoms with E-state index in [1.165, 1.54) is 98.4 Å². The van der Waals surface area contributed by atoms with E-state index in [4.69, 9.17) is 4.42 Å². The zero-order valence-corrected chi connectivity index (χ0v) is 27.9. The largest absolute Gasteiger partial charge is 0.456 e. The molecule has 1 heterocycles. The molecule has 0 N–H and O–H groups in total. The van der Waals surface area contributed by atoms with E-state index in [9.17, 15) is 0 Å². The molecule has 0 spiro atoms. The first-order valence-electron chi connectivity index (χ1n) is 17.5. The highest BCUT2D eigenvalue weighted by Crippen LogP contribution is 2.55. The van der Waals surface area contributed by atoms with E-state index < -0.39 is 0 Å². The van der Waals surface area contributed by atoms with Gasteiger partial charge in [0.05, 0.1) is 0 Å². The van der Waals surface area contributed by atoms with Crippen molar-refractivity contribution >= 4 is 65.0 Å². The van der Waals surface area contributed by atoms with Crippen molar-refractivity contribution in [3.05, 3.63) is 169 Å². The van der Waals surface area contributed by atoms with Crippen LogP contribution in [0.2, 0.25) is 0 Å². The van der Waals surface area contributed by atoms with E-state index >= 15 is 0 Å². The molecule has 1 aromatic heterocycles. The zero-order valence-electron chi connectivity index (χ0n) is 27.9. The van der Waals surface area contributed by atoms with Gasteiger partial charge in [-0.15, -0.1) is 0 Å². The summed E-state index contributed by atoms with van der Waals surface area (Å²) in [6, 6.07) is 57.9. The number of fused-ring (bicyclic) bond motifs is 12. The maximum absolute atomic E-state index is 6.78. The predicted octanol–water partition coefficient (Wildman–Crippen LogP) is 13.8. The van der Waals surface area contributed by atoms with Crippen molar-refractivity contribution in [2.24, 2.45) is 0 Å². The molecule has 234 valence electrons. The summed E-state index contributed by atoms with van der Waals surface area (Å²) in [5.41, 5.74) is 12.1. The Bertz CT molecular complexity index is 3000. The van der Waals surface area contributed by atoms with Crippen LogP contribution in [0.3, 0.4) is 0 Å². The molecule has 0 fully saturated rings. The van der Waals surface area contributed by atoms with Gasteiger partial charge >= 0.3 is 0 Å². The van der Waals surface area contributed by atoms with Gasteiger partial charge in [0.2, 0.25) is 0 Å². The molecule has 50 heavy (non-hydrogen) atoms. The number of hydrogen-bond acceptors (Lipinski definition) is 1. The van der Waals surface area contributed by atoms with Crippen molar-refractivity contribution in [2.75, 3.05) is 0 Å². The molecule has 1 aliphatic rings. The Kier molecular flexibility index (Phi) is 5.51. The Morgan fingerprint density at radius 2 is 1.00 bits per heavy atom. The van der Waals surface area contributed by atoms with Gasteiger partial charge in [-0.2, -0.15) is 0 Å². The molecule has 0 aliphatic heterocycles. The van der Waals surface area contributed by atoms with Crippen LogP contribution in [-0.2, 0) is 5.41 Å². The zero-order chi connectivity index (χ0) is 33.1. The molecule has 0 saturated heterocycles. The van der Waals surface area contributed by atoms with Crippen LogP contribution in [0.5, 0.6) is 0 Å². The fourth-order valence-electron chi connectivity index (χ4n) is 9.27. The van der Waals surface area contributed by atoms with Gasteiger partial charge in [-0.1, -0.05) is 153 Å². The molecule has 9 aromatic carbocycles. The molecular weight excluding hydrogens is 605 g/mol. The fourth-order valence-corrected chi connectivity index (χ4v) is 9.27. The Labute approximate surface area is 290 Å². The van der Waals surface area contributed by atoms with Crippen LogP contribution >= 0.6 is 0 Å². The second-order valence-electron chi connectivity index (χ2n) is 14.4. The van der Waals surface area contributed by atoms with Gasteiger partial charge in [0.1, 0.15) is 11.2 Å². The molecular formula is C49H32O. The molecule has 0 unspecified atom stereocenters. The summed E-state index contributed by atoms with van der Waals surface area (Å²) in [5, 5.41) is 12.5. The third kappa shape index (κ3) is 3.62. The van der Waals surface area contributed by atoms with Crippen molar-refractivity contribution < 1.29 is 4.42 Å². The summed E-state index contributed by atoms with van der Waals surface area (Å²) in [5.74, 6) is 0. The predicted molar refractivity (Wildman–Crippen MR) is 212 cm³/mol. The maximum Gasteiger partial charge on any atom is 0.136 e. The normalized spacial score (nSPS) is 13.6. The van der Waals surface area contributed by atoms with Gasteiger partial charge in [0.25, 0.3) is 0 Å². The summed E-state index contributed by atoms with van der Waals surface area (Å²) in [4.78, 5) is 0. The van der Waals surface area contributed by atoms with Crippen LogP contribution in [0.4, 0.5) is 0 Å². The summed E-state index contributed by atoms with van der Waals surface area (Å²) in [6.45, 7) is 4.74. The lowest BCUT2D eigenvalue weighted by molar-refractivity contribution is 0.657. The van der Waals surface area contributed by atoms with Gasteiger partial charge in [-0.25, -0.2) is 0 Å². The molecule has 0 atom stereocenters. The van der Waals surface area contributed by atoms with Crippen LogP contribution in [0.15, 0.2) is 162 Å². The standard InChI is InChI=1S/C49H32O/c1-49(2)41-26-23-30-13-4-6-16-33(30)46(41)40-25-27-42-47(48(40)49)39-24-22-31(28-43(39)50-42)44-35-17-7-9-19-37(35)45(38-20-10-8-18-36(38)44)34-21-11-14-29-12-3-5-15-32(29)34/h3-28H,1-2H3. The smallest absolute Gasteiger partial charge is 0.136 e. The molecule has 0 amide bonds. The Hall–Kier alpha value is -6.18. The summed E-state index contributed by atoms with van der Waals surface area (Å²) < 4.78 is 6.78. The monoisotopic (exact) mass is 636 g/mol. The average Bonchev–Trinajstić information content (AvgIpc) is 3.64. The summed E-state index contributed by atoms with van der Waals surface area (Å²) in [7, 11) is 0. The third-order valence-electron chi connectivity index (χ3n) is 11.4. The SMILES string of the molecule is CC1(C)c2ccc3ccccc3c2-c2ccc3oc4cc(-c5c6ccccc6c(-c6cccc7ccccc67)c6ccccc56)ccc4c3c21. The lowest BCUT2D eigenvalue weighted by Gasteiger charge is -2.22. The van der Waals surface area contributed by atoms with Gasteiger partial charge in [-0.05, 0) is 106 Å². The second-order valence-corrected chi connectivity index (χ2v) is 14.4. The first-order valence-corrected chi connectivity index (χ1v) is 17.5. The summed E-state index contributed by atoms with van der Waals surface area (Å²) >= 11 is 0. The van der Waals surface area contributed by atoms with Crippen LogP contribution in [-0.4, -0.2) is 0 Å². The topological polar surface area (TPSA) is 13.1 Å². The van der Waals surface area contributed by atoms with Crippen molar-refractivity contribution in [1.29, 1.82) is 0 Å². The highest BCUT2D eigenvalue weighted by atomic mass is 16.3. The number of hydrogen-bond donors (Lipinski definition) is 0. The van der Waals surface area contributed by atoms with E-state index in [-0.39, 0.29) is 5.41 Å². The minimum atomic E-state index is -0.159. The highest BCUT2D eigenvalue weighted by Gasteiger charge is 2.39. The number of furan rings is 1.